The number of aryl methyl sites for hydroxylation is 1. The number of hydrogen-bond donors (Lipinski definition) is 3. The predicted octanol–water partition coefficient (Wildman–Crippen LogP) is 2.29. The number of fused-ring (bicyclic) bond motifs is 3. The summed E-state index contributed by atoms with van der Waals surface area (Å²) in [6.07, 6.45) is 0. The minimum Gasteiger partial charge on any atom is -0.319 e. The van der Waals surface area contributed by atoms with Crippen molar-refractivity contribution >= 4 is 40.2 Å². The summed E-state index contributed by atoms with van der Waals surface area (Å²) in [7, 11) is 0. The molecule has 0 aliphatic carbocycles. The van der Waals surface area contributed by atoms with Crippen LogP contribution in [-0.4, -0.2) is 40.8 Å². The summed E-state index contributed by atoms with van der Waals surface area (Å²) in [4.78, 5) is 40.3. The van der Waals surface area contributed by atoms with Gasteiger partial charge in [0, 0.05) is 5.69 Å². The molecule has 10 nitrogen and oxygen atoms in total. The lowest BCUT2D eigenvalue weighted by Crippen LogP contribution is -2.29. The molecule has 0 atom stereocenters. The highest BCUT2D eigenvalue weighted by molar-refractivity contribution is 7.99. The molecule has 0 bridgehead atoms. The van der Waals surface area contributed by atoms with Gasteiger partial charge in [0.05, 0.1) is 23.3 Å². The number of para-hydroxylation sites is 2. The number of anilines is 1. The second-order valence-corrected chi connectivity index (χ2v) is 8.51. The normalized spacial score (nSPS) is 11.4. The van der Waals surface area contributed by atoms with Gasteiger partial charge in [-0.2, -0.15) is 0 Å². The number of aromatic nitrogens is 6. The van der Waals surface area contributed by atoms with Crippen LogP contribution < -0.4 is 16.6 Å². The quantitative estimate of drug-likeness (QED) is 0.321. The van der Waals surface area contributed by atoms with E-state index in [1.54, 1.807) is 12.1 Å². The summed E-state index contributed by atoms with van der Waals surface area (Å²) in [5, 5.41) is 11.6. The average molecular weight is 479 g/mol. The van der Waals surface area contributed by atoms with Crippen LogP contribution in [0, 0.1) is 12.7 Å². The second kappa shape index (κ2) is 8.63. The number of halogens is 1. The third kappa shape index (κ3) is 3.99. The number of carbonyl (C=O) groups excluding carboxylic acids is 1. The molecule has 3 aromatic heterocycles. The van der Waals surface area contributed by atoms with Gasteiger partial charge in [-0.05, 0) is 36.8 Å². The van der Waals surface area contributed by atoms with Crippen LogP contribution in [0.15, 0.2) is 63.3 Å². The smallest absolute Gasteiger partial charge is 0.319 e. The maximum Gasteiger partial charge on any atom is 0.326 e. The maximum absolute atomic E-state index is 13.3. The van der Waals surface area contributed by atoms with E-state index in [2.05, 4.69) is 25.5 Å². The van der Waals surface area contributed by atoms with E-state index in [0.717, 1.165) is 16.6 Å². The zero-order valence-corrected chi connectivity index (χ0v) is 18.6. The Balaban J connectivity index is 1.43. The summed E-state index contributed by atoms with van der Waals surface area (Å²) in [5.74, 6) is -0.181. The first-order chi connectivity index (χ1) is 16.4. The lowest BCUT2D eigenvalue weighted by Gasteiger charge is -2.06. The predicted molar refractivity (Wildman–Crippen MR) is 126 cm³/mol. The van der Waals surface area contributed by atoms with Gasteiger partial charge in [-0.3, -0.25) is 19.0 Å². The molecule has 0 saturated heterocycles. The summed E-state index contributed by atoms with van der Waals surface area (Å²) >= 11 is 1.17. The molecule has 0 aliphatic rings. The van der Waals surface area contributed by atoms with Crippen LogP contribution in [0.2, 0.25) is 0 Å². The molecule has 0 spiro atoms. The van der Waals surface area contributed by atoms with Crippen LogP contribution in [0.4, 0.5) is 10.1 Å². The standard InChI is InChI=1S/C22H18FN7O3S/c1-12-18(19(32)26-20(33)24-12)25-17(31)11-34-22-28-27-21-29(10-13-6-8-14(23)9-7-13)15-4-2-3-5-16(15)30(21)22/h2-9H,10-11H2,1H3,(H,25,31)(H2,24,26,32,33). The van der Waals surface area contributed by atoms with Crippen molar-refractivity contribution in [2.24, 2.45) is 0 Å². The van der Waals surface area contributed by atoms with Gasteiger partial charge in [-0.15, -0.1) is 10.2 Å². The minimum atomic E-state index is -0.673. The molecular formula is C22H18FN7O3S. The van der Waals surface area contributed by atoms with E-state index in [0.29, 0.717) is 17.5 Å². The Hall–Kier alpha value is -4.19. The number of amides is 1. The van der Waals surface area contributed by atoms with Gasteiger partial charge in [0.25, 0.3) is 5.56 Å². The number of thioether (sulfide) groups is 1. The first-order valence-corrected chi connectivity index (χ1v) is 11.2. The van der Waals surface area contributed by atoms with Crippen molar-refractivity contribution in [3.63, 3.8) is 0 Å². The minimum absolute atomic E-state index is 0.00695. The third-order valence-corrected chi connectivity index (χ3v) is 6.18. The van der Waals surface area contributed by atoms with Crippen molar-refractivity contribution in [2.75, 3.05) is 11.1 Å². The third-order valence-electron chi connectivity index (χ3n) is 5.25. The van der Waals surface area contributed by atoms with Gasteiger partial charge >= 0.3 is 5.69 Å². The van der Waals surface area contributed by atoms with E-state index in [1.807, 2.05) is 33.2 Å². The summed E-state index contributed by atoms with van der Waals surface area (Å²) in [6, 6.07) is 14.0. The van der Waals surface area contributed by atoms with E-state index in [-0.39, 0.29) is 23.0 Å². The van der Waals surface area contributed by atoms with Gasteiger partial charge in [0.15, 0.2) is 5.16 Å². The van der Waals surface area contributed by atoms with Crippen molar-refractivity contribution in [3.8, 4) is 0 Å². The number of nitrogens with zero attached hydrogens (tertiary/aromatic N) is 4. The Bertz CT molecular complexity index is 1650. The first-order valence-electron chi connectivity index (χ1n) is 10.2. The molecule has 2 aromatic carbocycles. The lowest BCUT2D eigenvalue weighted by atomic mass is 10.2. The molecule has 3 heterocycles. The number of benzene rings is 2. The van der Waals surface area contributed by atoms with Crippen molar-refractivity contribution in [3.05, 3.63) is 86.4 Å². The van der Waals surface area contributed by atoms with Crippen LogP contribution in [0.1, 0.15) is 11.3 Å². The van der Waals surface area contributed by atoms with E-state index in [1.165, 1.54) is 30.8 Å². The molecule has 5 rings (SSSR count). The topological polar surface area (TPSA) is 130 Å². The molecule has 3 N–H and O–H groups in total. The van der Waals surface area contributed by atoms with E-state index < -0.39 is 17.2 Å². The molecule has 172 valence electrons. The molecule has 0 unspecified atom stereocenters. The molecule has 0 radical (unpaired) electrons. The Morgan fingerprint density at radius 1 is 1.06 bits per heavy atom. The Kier molecular flexibility index (Phi) is 5.49. The molecular weight excluding hydrogens is 461 g/mol. The van der Waals surface area contributed by atoms with Crippen molar-refractivity contribution in [1.82, 2.24) is 29.1 Å². The zero-order chi connectivity index (χ0) is 23.8. The number of rotatable bonds is 6. The molecule has 5 aromatic rings. The highest BCUT2D eigenvalue weighted by Crippen LogP contribution is 2.26. The largest absolute Gasteiger partial charge is 0.326 e. The fourth-order valence-electron chi connectivity index (χ4n) is 3.71. The number of nitrogens with one attached hydrogen (secondary N) is 3. The van der Waals surface area contributed by atoms with Gasteiger partial charge < -0.3 is 14.9 Å². The molecule has 12 heteroatoms. The second-order valence-electron chi connectivity index (χ2n) is 7.56. The zero-order valence-electron chi connectivity index (χ0n) is 17.8. The maximum atomic E-state index is 13.3. The molecule has 1 amide bonds. The number of H-pyrrole nitrogens is 2. The average Bonchev–Trinajstić information content (AvgIpc) is 3.35. The van der Waals surface area contributed by atoms with Crippen LogP contribution in [0.25, 0.3) is 16.8 Å². The monoisotopic (exact) mass is 479 g/mol. The van der Waals surface area contributed by atoms with E-state index >= 15 is 0 Å². The van der Waals surface area contributed by atoms with Crippen molar-refractivity contribution in [1.29, 1.82) is 0 Å². The summed E-state index contributed by atoms with van der Waals surface area (Å²) in [5.41, 5.74) is 1.63. The number of hydrogen-bond acceptors (Lipinski definition) is 6. The number of imidazole rings is 1. The van der Waals surface area contributed by atoms with Gasteiger partial charge in [0.1, 0.15) is 11.5 Å². The van der Waals surface area contributed by atoms with Gasteiger partial charge in [0.2, 0.25) is 11.7 Å². The Morgan fingerprint density at radius 2 is 1.79 bits per heavy atom. The van der Waals surface area contributed by atoms with Gasteiger partial charge in [-0.25, -0.2) is 9.18 Å². The summed E-state index contributed by atoms with van der Waals surface area (Å²) < 4.78 is 17.2. The van der Waals surface area contributed by atoms with Crippen LogP contribution in [0.5, 0.6) is 0 Å². The van der Waals surface area contributed by atoms with Crippen LogP contribution >= 0.6 is 11.8 Å². The highest BCUT2D eigenvalue weighted by atomic mass is 32.2. The van der Waals surface area contributed by atoms with E-state index in [4.69, 9.17) is 0 Å². The van der Waals surface area contributed by atoms with Crippen molar-refractivity contribution in [2.45, 2.75) is 18.6 Å². The molecule has 0 fully saturated rings. The van der Waals surface area contributed by atoms with Crippen LogP contribution in [-0.2, 0) is 11.3 Å². The Labute approximate surface area is 194 Å². The molecule has 0 aliphatic heterocycles. The summed E-state index contributed by atoms with van der Waals surface area (Å²) in [6.45, 7) is 1.99. The first kappa shape index (κ1) is 21.6. The molecule has 34 heavy (non-hydrogen) atoms. The number of carbonyl (C=O) groups is 1. The SMILES string of the molecule is Cc1[nH]c(=O)[nH]c(=O)c1NC(=O)CSc1nnc2n(Cc3ccc(F)cc3)c3ccccc3n12. The number of aromatic amines is 2. The molecule has 0 saturated carbocycles. The lowest BCUT2D eigenvalue weighted by molar-refractivity contribution is -0.113. The fourth-order valence-corrected chi connectivity index (χ4v) is 4.45. The van der Waals surface area contributed by atoms with E-state index in [9.17, 15) is 18.8 Å². The van der Waals surface area contributed by atoms with Gasteiger partial charge in [-0.1, -0.05) is 36.0 Å². The fraction of sp³-hybridized carbons (Fsp3) is 0.136. The van der Waals surface area contributed by atoms with Crippen molar-refractivity contribution < 1.29 is 9.18 Å². The highest BCUT2D eigenvalue weighted by Gasteiger charge is 2.19. The van der Waals surface area contributed by atoms with Crippen LogP contribution in [0.3, 0.4) is 0 Å². The Morgan fingerprint density at radius 3 is 2.53 bits per heavy atom.